The molecule has 0 bridgehead atoms. The Kier molecular flexibility index (Phi) is 4.03. The highest BCUT2D eigenvalue weighted by Gasteiger charge is 2.31. The number of nitrogens with one attached hydrogen (secondary N) is 1. The summed E-state index contributed by atoms with van der Waals surface area (Å²) in [6, 6.07) is 0.687. The topological polar surface area (TPSA) is 70.3 Å². The molecule has 3 N–H and O–H groups in total. The molecule has 2 fully saturated rings. The predicted octanol–water partition coefficient (Wildman–Crippen LogP) is 0.999. The van der Waals surface area contributed by atoms with Crippen molar-refractivity contribution in [1.82, 2.24) is 14.9 Å². The molecule has 110 valence electrons. The first-order valence-electron chi connectivity index (χ1n) is 7.63. The van der Waals surface area contributed by atoms with Gasteiger partial charge in [-0.1, -0.05) is 6.92 Å². The number of aromatic nitrogens is 2. The Balaban J connectivity index is 1.77. The Hall–Kier alpha value is -1.40. The number of anilines is 2. The van der Waals surface area contributed by atoms with Crippen molar-refractivity contribution in [2.75, 3.05) is 36.5 Å². The Morgan fingerprint density at radius 1 is 1.30 bits per heavy atom. The summed E-state index contributed by atoms with van der Waals surface area (Å²) < 4.78 is 0. The fraction of sp³-hybridized carbons (Fsp3) is 0.714. The van der Waals surface area contributed by atoms with Crippen LogP contribution in [0.2, 0.25) is 0 Å². The zero-order valence-corrected chi connectivity index (χ0v) is 12.2. The number of hydrazine groups is 1. The van der Waals surface area contributed by atoms with E-state index in [-0.39, 0.29) is 0 Å². The Labute approximate surface area is 120 Å². The van der Waals surface area contributed by atoms with Crippen LogP contribution in [-0.2, 0) is 6.42 Å². The van der Waals surface area contributed by atoms with Gasteiger partial charge in [-0.15, -0.1) is 0 Å². The quantitative estimate of drug-likeness (QED) is 0.631. The third kappa shape index (κ3) is 2.45. The van der Waals surface area contributed by atoms with E-state index in [1.807, 2.05) is 0 Å². The highest BCUT2D eigenvalue weighted by Crippen LogP contribution is 2.28. The Bertz CT molecular complexity index is 457. The fourth-order valence-electron chi connectivity index (χ4n) is 3.46. The van der Waals surface area contributed by atoms with Gasteiger partial charge in [0.05, 0.1) is 0 Å². The van der Waals surface area contributed by atoms with Crippen LogP contribution in [0.3, 0.4) is 0 Å². The molecule has 3 heterocycles. The molecule has 0 aliphatic carbocycles. The van der Waals surface area contributed by atoms with Crippen molar-refractivity contribution in [3.8, 4) is 0 Å². The third-order valence-corrected chi connectivity index (χ3v) is 4.53. The van der Waals surface area contributed by atoms with E-state index < -0.39 is 0 Å². The van der Waals surface area contributed by atoms with Crippen LogP contribution in [0, 0.1) is 0 Å². The summed E-state index contributed by atoms with van der Waals surface area (Å²) in [5.41, 5.74) is 3.81. The van der Waals surface area contributed by atoms with Gasteiger partial charge in [0, 0.05) is 24.7 Å². The van der Waals surface area contributed by atoms with Crippen molar-refractivity contribution in [3.05, 3.63) is 11.9 Å². The van der Waals surface area contributed by atoms with Crippen LogP contribution >= 0.6 is 0 Å². The van der Waals surface area contributed by atoms with Crippen LogP contribution in [-0.4, -0.2) is 47.1 Å². The maximum absolute atomic E-state index is 5.55. The lowest BCUT2D eigenvalue weighted by Crippen LogP contribution is -2.35. The summed E-state index contributed by atoms with van der Waals surface area (Å²) in [5, 5.41) is 0. The zero-order chi connectivity index (χ0) is 13.9. The first-order chi connectivity index (χ1) is 9.83. The summed E-state index contributed by atoms with van der Waals surface area (Å²) in [4.78, 5) is 13.7. The third-order valence-electron chi connectivity index (χ3n) is 4.53. The molecule has 2 saturated heterocycles. The smallest absolute Gasteiger partial charge is 0.148 e. The van der Waals surface area contributed by atoms with Crippen LogP contribution in [0.25, 0.3) is 0 Å². The minimum absolute atomic E-state index is 0.687. The minimum Gasteiger partial charge on any atom is -0.355 e. The molecule has 6 heteroatoms. The van der Waals surface area contributed by atoms with Crippen molar-refractivity contribution < 1.29 is 0 Å². The van der Waals surface area contributed by atoms with E-state index in [0.29, 0.717) is 6.04 Å². The van der Waals surface area contributed by atoms with E-state index in [9.17, 15) is 0 Å². The molecule has 0 saturated carbocycles. The molecular formula is C14H24N6. The van der Waals surface area contributed by atoms with E-state index in [1.54, 1.807) is 6.33 Å². The second-order valence-electron chi connectivity index (χ2n) is 5.65. The highest BCUT2D eigenvalue weighted by molar-refractivity contribution is 5.58. The van der Waals surface area contributed by atoms with Gasteiger partial charge >= 0.3 is 0 Å². The van der Waals surface area contributed by atoms with Crippen molar-refractivity contribution in [1.29, 1.82) is 0 Å². The van der Waals surface area contributed by atoms with E-state index in [4.69, 9.17) is 5.84 Å². The molecular weight excluding hydrogens is 252 g/mol. The molecule has 0 amide bonds. The monoisotopic (exact) mass is 276 g/mol. The highest BCUT2D eigenvalue weighted by atomic mass is 15.3. The molecule has 2 aliphatic heterocycles. The summed E-state index contributed by atoms with van der Waals surface area (Å²) in [5.74, 6) is 7.36. The van der Waals surface area contributed by atoms with Gasteiger partial charge in [0.15, 0.2) is 0 Å². The van der Waals surface area contributed by atoms with Crippen LogP contribution in [0.5, 0.6) is 0 Å². The van der Waals surface area contributed by atoms with Crippen molar-refractivity contribution in [2.24, 2.45) is 5.84 Å². The van der Waals surface area contributed by atoms with Gasteiger partial charge in [0.2, 0.25) is 0 Å². The Morgan fingerprint density at radius 2 is 2.10 bits per heavy atom. The number of rotatable bonds is 4. The van der Waals surface area contributed by atoms with Gasteiger partial charge in [0.25, 0.3) is 0 Å². The lowest BCUT2D eigenvalue weighted by Gasteiger charge is -2.25. The standard InChI is InChI=1S/C14H24N6/c1-2-12-13(18-15)16-10-17-14(12)20-8-5-11(9-20)19-6-3-4-7-19/h10-11H,2-9,15H2,1H3,(H,16,17,18). The van der Waals surface area contributed by atoms with E-state index >= 15 is 0 Å². The molecule has 1 atom stereocenters. The molecule has 0 spiro atoms. The normalized spacial score (nSPS) is 23.5. The van der Waals surface area contributed by atoms with Gasteiger partial charge in [-0.3, -0.25) is 4.90 Å². The second-order valence-corrected chi connectivity index (χ2v) is 5.65. The molecule has 6 nitrogen and oxygen atoms in total. The lowest BCUT2D eigenvalue weighted by molar-refractivity contribution is 0.260. The molecule has 20 heavy (non-hydrogen) atoms. The molecule has 0 aromatic carbocycles. The number of nitrogens with two attached hydrogens (primary N) is 1. The van der Waals surface area contributed by atoms with E-state index in [1.165, 1.54) is 32.4 Å². The first kappa shape index (κ1) is 13.6. The van der Waals surface area contributed by atoms with Crippen LogP contribution in [0.1, 0.15) is 31.7 Å². The molecule has 1 aromatic rings. The largest absolute Gasteiger partial charge is 0.355 e. The average Bonchev–Trinajstić information content (AvgIpc) is 3.16. The molecule has 3 rings (SSSR count). The SMILES string of the molecule is CCc1c(NN)ncnc1N1CCC(N2CCCC2)C1. The Morgan fingerprint density at radius 3 is 2.80 bits per heavy atom. The van der Waals surface area contributed by atoms with Crippen molar-refractivity contribution >= 4 is 11.6 Å². The van der Waals surface area contributed by atoms with Gasteiger partial charge in [-0.2, -0.15) is 0 Å². The maximum atomic E-state index is 5.55. The fourth-order valence-corrected chi connectivity index (χ4v) is 3.46. The van der Waals surface area contributed by atoms with E-state index in [0.717, 1.165) is 36.7 Å². The van der Waals surface area contributed by atoms with Gasteiger partial charge in [0.1, 0.15) is 18.0 Å². The van der Waals surface area contributed by atoms with Crippen molar-refractivity contribution in [2.45, 2.75) is 38.6 Å². The lowest BCUT2D eigenvalue weighted by atomic mass is 10.2. The minimum atomic E-state index is 0.687. The van der Waals surface area contributed by atoms with E-state index in [2.05, 4.69) is 32.1 Å². The van der Waals surface area contributed by atoms with Gasteiger partial charge < -0.3 is 10.3 Å². The number of hydrogen-bond donors (Lipinski definition) is 2. The second kappa shape index (κ2) is 5.93. The summed E-state index contributed by atoms with van der Waals surface area (Å²) in [6.45, 7) is 6.80. The number of nitrogen functional groups attached to an aromatic ring is 1. The maximum Gasteiger partial charge on any atom is 0.148 e. The molecule has 1 aromatic heterocycles. The van der Waals surface area contributed by atoms with Gasteiger partial charge in [-0.25, -0.2) is 15.8 Å². The summed E-state index contributed by atoms with van der Waals surface area (Å²) in [6.07, 6.45) is 6.43. The zero-order valence-electron chi connectivity index (χ0n) is 12.2. The summed E-state index contributed by atoms with van der Waals surface area (Å²) >= 11 is 0. The molecule has 0 radical (unpaired) electrons. The predicted molar refractivity (Wildman–Crippen MR) is 80.6 cm³/mol. The van der Waals surface area contributed by atoms with Crippen LogP contribution in [0.4, 0.5) is 11.6 Å². The van der Waals surface area contributed by atoms with Crippen LogP contribution < -0.4 is 16.2 Å². The average molecular weight is 276 g/mol. The molecule has 2 aliphatic rings. The number of nitrogens with zero attached hydrogens (tertiary/aromatic N) is 4. The summed E-state index contributed by atoms with van der Waals surface area (Å²) in [7, 11) is 0. The van der Waals surface area contributed by atoms with Crippen LogP contribution in [0.15, 0.2) is 6.33 Å². The first-order valence-corrected chi connectivity index (χ1v) is 7.63. The van der Waals surface area contributed by atoms with Gasteiger partial charge in [-0.05, 0) is 38.8 Å². The molecule has 1 unspecified atom stereocenters. The van der Waals surface area contributed by atoms with Crippen molar-refractivity contribution in [3.63, 3.8) is 0 Å². The number of hydrogen-bond acceptors (Lipinski definition) is 6. The number of likely N-dealkylation sites (tertiary alicyclic amines) is 1.